The van der Waals surface area contributed by atoms with Gasteiger partial charge in [-0.25, -0.2) is 4.79 Å². The minimum Gasteiger partial charge on any atom is -0.478 e. The van der Waals surface area contributed by atoms with Gasteiger partial charge in [0.2, 0.25) is 11.0 Å². The summed E-state index contributed by atoms with van der Waals surface area (Å²) in [6.07, 6.45) is 0.838. The molecule has 4 N–H and O–H groups in total. The number of anilines is 2. The van der Waals surface area contributed by atoms with Crippen molar-refractivity contribution in [2.24, 2.45) is 11.1 Å². The maximum absolute atomic E-state index is 13.6. The lowest BCUT2D eigenvalue weighted by atomic mass is 9.69. The Morgan fingerprint density at radius 1 is 1.21 bits per heavy atom. The van der Waals surface area contributed by atoms with Crippen LogP contribution in [0.4, 0.5) is 10.8 Å². The summed E-state index contributed by atoms with van der Waals surface area (Å²) in [5.41, 5.74) is 8.62. The summed E-state index contributed by atoms with van der Waals surface area (Å²) in [4.78, 5) is 39.3. The van der Waals surface area contributed by atoms with Gasteiger partial charge in [0, 0.05) is 22.7 Å². The number of amides is 1. The molecule has 0 bridgehead atoms. The third kappa shape index (κ3) is 5.76. The Balaban J connectivity index is 1.45. The number of halogens is 1. The second kappa shape index (κ2) is 11.6. The number of nitrogens with one attached hydrogen (secondary N) is 1. The van der Waals surface area contributed by atoms with Crippen LogP contribution in [0.3, 0.4) is 0 Å². The predicted molar refractivity (Wildman–Crippen MR) is 161 cm³/mol. The molecule has 2 heterocycles. The molecule has 1 aromatic heterocycles. The zero-order valence-corrected chi connectivity index (χ0v) is 24.9. The number of benzene rings is 2. The highest BCUT2D eigenvalue weighted by Gasteiger charge is 2.45. The first kappa shape index (κ1) is 29.3. The minimum absolute atomic E-state index is 0.0133. The standard InChI is InChI=1S/C29H25ClN6O4S2/c1-29(2)11-20-24(21(37)12-29)23(15-7-9-16(30)10-8-15)18(13-31)25(32)36(20)27-34-35-28(42-27)41-14-22(38)33-19-6-4-3-5-17(19)26(39)40/h3-10,23H,11-12,14,32H2,1-2H3,(H,33,38)(H,39,40). The number of nitrogens with zero attached hydrogens (tertiary/aromatic N) is 4. The number of carboxylic acid groups (broad SMARTS) is 1. The van der Waals surface area contributed by atoms with Crippen molar-refractivity contribution in [2.75, 3.05) is 16.0 Å². The number of para-hydroxylation sites is 1. The van der Waals surface area contributed by atoms with Gasteiger partial charge in [-0.3, -0.25) is 14.5 Å². The van der Waals surface area contributed by atoms with Crippen LogP contribution in [0.15, 0.2) is 75.5 Å². The summed E-state index contributed by atoms with van der Waals surface area (Å²) in [6, 6.07) is 15.4. The molecule has 1 aliphatic heterocycles. The lowest BCUT2D eigenvalue weighted by Gasteiger charge is -2.42. The second-order valence-corrected chi connectivity index (χ2v) is 13.2. The Kier molecular flexibility index (Phi) is 8.10. The van der Waals surface area contributed by atoms with Gasteiger partial charge < -0.3 is 16.2 Å². The normalized spacial score (nSPS) is 18.0. The molecule has 0 saturated heterocycles. The molecule has 1 unspecified atom stereocenters. The van der Waals surface area contributed by atoms with E-state index < -0.39 is 17.8 Å². The van der Waals surface area contributed by atoms with Gasteiger partial charge in [-0.1, -0.05) is 72.8 Å². The Hall–Kier alpha value is -4.18. The summed E-state index contributed by atoms with van der Waals surface area (Å²) in [7, 11) is 0. The molecule has 0 saturated carbocycles. The zero-order valence-electron chi connectivity index (χ0n) is 22.6. The van der Waals surface area contributed by atoms with Crippen LogP contribution in [0, 0.1) is 16.7 Å². The van der Waals surface area contributed by atoms with E-state index in [2.05, 4.69) is 21.6 Å². The summed E-state index contributed by atoms with van der Waals surface area (Å²) in [5, 5.41) is 31.6. The molecule has 0 fully saturated rings. The number of nitriles is 1. The fraction of sp³-hybridized carbons (Fsp3) is 0.241. The number of hydrogen-bond acceptors (Lipinski definition) is 10. The number of thioether (sulfide) groups is 1. The summed E-state index contributed by atoms with van der Waals surface area (Å²) in [5.74, 6) is -2.14. The van der Waals surface area contributed by atoms with Crippen molar-refractivity contribution in [1.29, 1.82) is 5.26 Å². The Morgan fingerprint density at radius 3 is 2.62 bits per heavy atom. The molecule has 10 nitrogen and oxygen atoms in total. The number of ketones is 1. The highest BCUT2D eigenvalue weighted by Crippen LogP contribution is 2.50. The highest BCUT2D eigenvalue weighted by atomic mass is 35.5. The second-order valence-electron chi connectivity index (χ2n) is 10.6. The number of aromatic nitrogens is 2. The van der Waals surface area contributed by atoms with Crippen molar-refractivity contribution in [3.8, 4) is 6.07 Å². The first-order chi connectivity index (χ1) is 20.0. The van der Waals surface area contributed by atoms with Crippen molar-refractivity contribution in [3.63, 3.8) is 0 Å². The molecule has 2 aliphatic rings. The smallest absolute Gasteiger partial charge is 0.337 e. The number of carboxylic acids is 1. The molecular weight excluding hydrogens is 596 g/mol. The molecule has 214 valence electrons. The van der Waals surface area contributed by atoms with Crippen LogP contribution >= 0.6 is 34.7 Å². The van der Waals surface area contributed by atoms with Crippen LogP contribution in [0.25, 0.3) is 0 Å². The fourth-order valence-electron chi connectivity index (χ4n) is 5.16. The van der Waals surface area contributed by atoms with Crippen LogP contribution in [-0.2, 0) is 9.59 Å². The van der Waals surface area contributed by atoms with Crippen molar-refractivity contribution >= 4 is 63.2 Å². The molecule has 13 heteroatoms. The van der Waals surface area contributed by atoms with Gasteiger partial charge in [0.05, 0.1) is 34.6 Å². The molecule has 1 amide bonds. The van der Waals surface area contributed by atoms with Crippen LogP contribution in [-0.4, -0.2) is 38.7 Å². The lowest BCUT2D eigenvalue weighted by molar-refractivity contribution is -0.118. The molecule has 2 aromatic carbocycles. The third-order valence-electron chi connectivity index (χ3n) is 6.93. The van der Waals surface area contributed by atoms with E-state index in [1.54, 1.807) is 41.3 Å². The van der Waals surface area contributed by atoms with Crippen LogP contribution in [0.5, 0.6) is 0 Å². The van der Waals surface area contributed by atoms with Gasteiger partial charge in [0.25, 0.3) is 0 Å². The maximum Gasteiger partial charge on any atom is 0.337 e. The van der Waals surface area contributed by atoms with Gasteiger partial charge >= 0.3 is 5.97 Å². The third-order valence-corrected chi connectivity index (χ3v) is 9.22. The summed E-state index contributed by atoms with van der Waals surface area (Å²) in [6.45, 7) is 4.01. The number of nitrogens with two attached hydrogens (primary N) is 1. The Morgan fingerprint density at radius 2 is 1.93 bits per heavy atom. The quantitative estimate of drug-likeness (QED) is 0.285. The van der Waals surface area contributed by atoms with Crippen molar-refractivity contribution in [3.05, 3.63) is 87.3 Å². The van der Waals surface area contributed by atoms with E-state index in [-0.39, 0.29) is 39.6 Å². The molecule has 5 rings (SSSR count). The van der Waals surface area contributed by atoms with Gasteiger partial charge in [-0.05, 0) is 41.7 Å². The highest BCUT2D eigenvalue weighted by molar-refractivity contribution is 8.01. The van der Waals surface area contributed by atoms with E-state index in [1.807, 2.05) is 13.8 Å². The number of allylic oxidation sites excluding steroid dienone is 3. The number of aromatic carboxylic acids is 1. The monoisotopic (exact) mass is 620 g/mol. The zero-order chi connectivity index (χ0) is 30.2. The van der Waals surface area contributed by atoms with Crippen molar-refractivity contribution < 1.29 is 19.5 Å². The fourth-order valence-corrected chi connectivity index (χ4v) is 6.97. The van der Waals surface area contributed by atoms with Gasteiger partial charge in [-0.2, -0.15) is 5.26 Å². The predicted octanol–water partition coefficient (Wildman–Crippen LogP) is 5.56. The molecular formula is C29H25ClN6O4S2. The van der Waals surface area contributed by atoms with Crippen LogP contribution < -0.4 is 16.0 Å². The average Bonchev–Trinajstić information content (AvgIpc) is 3.40. The number of Topliss-reactive ketones (excluding diaryl/α,β-unsaturated/α-hetero) is 1. The lowest BCUT2D eigenvalue weighted by Crippen LogP contribution is -2.42. The van der Waals surface area contributed by atoms with E-state index in [9.17, 15) is 24.8 Å². The largest absolute Gasteiger partial charge is 0.478 e. The molecule has 1 atom stereocenters. The Labute approximate surface area is 254 Å². The molecule has 3 aromatic rings. The van der Waals surface area contributed by atoms with E-state index in [0.717, 1.165) is 17.3 Å². The first-order valence-corrected chi connectivity index (χ1v) is 15.0. The number of carbonyl (C=O) groups excluding carboxylic acids is 2. The van der Waals surface area contributed by atoms with Gasteiger partial charge in [0.1, 0.15) is 5.82 Å². The summed E-state index contributed by atoms with van der Waals surface area (Å²) >= 11 is 8.41. The van der Waals surface area contributed by atoms with Crippen molar-refractivity contribution in [2.45, 2.75) is 36.9 Å². The molecule has 0 radical (unpaired) electrons. The maximum atomic E-state index is 13.6. The minimum atomic E-state index is -1.15. The van der Waals surface area contributed by atoms with E-state index >= 15 is 0 Å². The van der Waals surface area contributed by atoms with E-state index in [1.165, 1.54) is 23.5 Å². The van der Waals surface area contributed by atoms with E-state index in [4.69, 9.17) is 17.3 Å². The Bertz CT molecular complexity index is 1710. The topological polar surface area (TPSA) is 162 Å². The molecule has 42 heavy (non-hydrogen) atoms. The number of hydrogen-bond donors (Lipinski definition) is 3. The van der Waals surface area contributed by atoms with Crippen LogP contribution in [0.2, 0.25) is 5.02 Å². The average molecular weight is 621 g/mol. The SMILES string of the molecule is CC1(C)CC(=O)C2=C(C1)N(c1nnc(SCC(=O)Nc3ccccc3C(=O)O)s1)C(N)=C(C#N)C2c1ccc(Cl)cc1. The molecule has 0 spiro atoms. The number of rotatable bonds is 7. The van der Waals surface area contributed by atoms with Crippen LogP contribution in [0.1, 0.15) is 48.5 Å². The van der Waals surface area contributed by atoms with E-state index in [0.29, 0.717) is 38.6 Å². The molecule has 1 aliphatic carbocycles. The van der Waals surface area contributed by atoms with Crippen molar-refractivity contribution in [1.82, 2.24) is 10.2 Å². The van der Waals surface area contributed by atoms with Gasteiger partial charge in [0.15, 0.2) is 10.1 Å². The van der Waals surface area contributed by atoms with Gasteiger partial charge in [-0.15, -0.1) is 10.2 Å². The number of carbonyl (C=O) groups is 3. The summed E-state index contributed by atoms with van der Waals surface area (Å²) < 4.78 is 0.460. The first-order valence-electron chi connectivity index (χ1n) is 12.8.